The summed E-state index contributed by atoms with van der Waals surface area (Å²) in [6.45, 7) is 12.3. The molecule has 0 saturated heterocycles. The van der Waals surface area contributed by atoms with Gasteiger partial charge in [-0.2, -0.15) is 0 Å². The van der Waals surface area contributed by atoms with Gasteiger partial charge in [-0.05, 0) is 74.9 Å². The molecule has 2 atom stereocenters. The van der Waals surface area contributed by atoms with Crippen LogP contribution in [0.15, 0.2) is 66.7 Å². The zero-order valence-corrected chi connectivity index (χ0v) is 23.0. The van der Waals surface area contributed by atoms with Crippen molar-refractivity contribution in [2.45, 2.75) is 73.0 Å². The Bertz CT molecular complexity index is 1190. The zero-order chi connectivity index (χ0) is 26.9. The molecule has 0 aliphatic heterocycles. The Kier molecular flexibility index (Phi) is 9.90. The third kappa shape index (κ3) is 7.94. The summed E-state index contributed by atoms with van der Waals surface area (Å²) in [6.07, 6.45) is 1.23. The second-order valence-corrected chi connectivity index (χ2v) is 10.0. The van der Waals surface area contributed by atoms with Gasteiger partial charge in [-0.1, -0.05) is 73.2 Å². The minimum atomic E-state index is -0.672. The highest BCUT2D eigenvalue weighted by atomic mass is 16.5. The van der Waals surface area contributed by atoms with E-state index in [4.69, 9.17) is 4.74 Å². The van der Waals surface area contributed by atoms with Gasteiger partial charge in [-0.25, -0.2) is 0 Å². The van der Waals surface area contributed by atoms with Crippen LogP contribution in [0.2, 0.25) is 0 Å². The SMILES string of the molecule is CCC(C)NC(=O)C(Cc1ccccc1)N(Cc1ccc(C)cc1)C(=O)COc1cc(C)cc(C)c1C. The zero-order valence-electron chi connectivity index (χ0n) is 23.0. The van der Waals surface area contributed by atoms with Crippen molar-refractivity contribution in [1.82, 2.24) is 10.2 Å². The summed E-state index contributed by atoms with van der Waals surface area (Å²) in [5.74, 6) is 0.324. The highest BCUT2D eigenvalue weighted by Crippen LogP contribution is 2.24. The molecule has 0 bridgehead atoms. The van der Waals surface area contributed by atoms with Crippen LogP contribution in [0.4, 0.5) is 0 Å². The Balaban J connectivity index is 1.94. The first-order chi connectivity index (χ1) is 17.7. The van der Waals surface area contributed by atoms with E-state index >= 15 is 0 Å². The van der Waals surface area contributed by atoms with Crippen molar-refractivity contribution < 1.29 is 14.3 Å². The number of amides is 2. The summed E-state index contributed by atoms with van der Waals surface area (Å²) in [5, 5.41) is 3.10. The summed E-state index contributed by atoms with van der Waals surface area (Å²) in [6, 6.07) is 21.3. The lowest BCUT2D eigenvalue weighted by atomic mass is 10.0. The van der Waals surface area contributed by atoms with Crippen molar-refractivity contribution in [3.05, 3.63) is 100 Å². The van der Waals surface area contributed by atoms with E-state index in [0.29, 0.717) is 18.7 Å². The molecular formula is C32H40N2O3. The number of hydrogen-bond donors (Lipinski definition) is 1. The Labute approximate surface area is 221 Å². The third-order valence-electron chi connectivity index (χ3n) is 6.86. The van der Waals surface area contributed by atoms with E-state index in [1.54, 1.807) is 4.90 Å². The quantitative estimate of drug-likeness (QED) is 0.359. The van der Waals surface area contributed by atoms with E-state index in [0.717, 1.165) is 39.8 Å². The van der Waals surface area contributed by atoms with E-state index in [9.17, 15) is 9.59 Å². The average Bonchev–Trinajstić information content (AvgIpc) is 2.88. The largest absolute Gasteiger partial charge is 0.483 e. The molecule has 0 fully saturated rings. The lowest BCUT2D eigenvalue weighted by Crippen LogP contribution is -2.53. The van der Waals surface area contributed by atoms with Crippen molar-refractivity contribution in [3.8, 4) is 5.75 Å². The normalized spacial score (nSPS) is 12.5. The molecule has 0 radical (unpaired) electrons. The third-order valence-corrected chi connectivity index (χ3v) is 6.86. The van der Waals surface area contributed by atoms with E-state index in [-0.39, 0.29) is 24.5 Å². The number of nitrogens with zero attached hydrogens (tertiary/aromatic N) is 1. The molecule has 3 rings (SSSR count). The highest BCUT2D eigenvalue weighted by Gasteiger charge is 2.31. The number of aryl methyl sites for hydroxylation is 3. The number of ether oxygens (including phenoxy) is 1. The van der Waals surface area contributed by atoms with Crippen LogP contribution < -0.4 is 10.1 Å². The maximum Gasteiger partial charge on any atom is 0.261 e. The van der Waals surface area contributed by atoms with Gasteiger partial charge in [0.1, 0.15) is 11.8 Å². The summed E-state index contributed by atoms with van der Waals surface area (Å²) in [4.78, 5) is 29.0. The van der Waals surface area contributed by atoms with Crippen LogP contribution in [-0.2, 0) is 22.6 Å². The predicted molar refractivity (Wildman–Crippen MR) is 150 cm³/mol. The molecule has 3 aromatic carbocycles. The second-order valence-electron chi connectivity index (χ2n) is 10.0. The molecule has 196 valence electrons. The van der Waals surface area contributed by atoms with Gasteiger partial charge in [-0.3, -0.25) is 9.59 Å². The number of carbonyl (C=O) groups excluding carboxylic acids is 2. The second kappa shape index (κ2) is 13.1. The lowest BCUT2D eigenvalue weighted by molar-refractivity contribution is -0.143. The van der Waals surface area contributed by atoms with Gasteiger partial charge in [0.15, 0.2) is 6.61 Å². The molecule has 3 aromatic rings. The van der Waals surface area contributed by atoms with E-state index in [1.807, 2.05) is 102 Å². The summed E-state index contributed by atoms with van der Waals surface area (Å²) in [5.41, 5.74) is 6.32. The molecule has 5 heteroatoms. The first kappa shape index (κ1) is 28.0. The van der Waals surface area contributed by atoms with Gasteiger partial charge >= 0.3 is 0 Å². The Morgan fingerprint density at radius 1 is 0.892 bits per heavy atom. The fourth-order valence-corrected chi connectivity index (χ4v) is 4.26. The first-order valence-electron chi connectivity index (χ1n) is 13.1. The Morgan fingerprint density at radius 3 is 2.22 bits per heavy atom. The van der Waals surface area contributed by atoms with E-state index in [1.165, 1.54) is 0 Å². The number of hydrogen-bond acceptors (Lipinski definition) is 3. The smallest absolute Gasteiger partial charge is 0.261 e. The van der Waals surface area contributed by atoms with Crippen molar-refractivity contribution in [3.63, 3.8) is 0 Å². The van der Waals surface area contributed by atoms with Crippen LogP contribution in [0.3, 0.4) is 0 Å². The molecule has 0 aliphatic carbocycles. The van der Waals surface area contributed by atoms with Crippen molar-refractivity contribution in [1.29, 1.82) is 0 Å². The highest BCUT2D eigenvalue weighted by molar-refractivity contribution is 5.88. The molecule has 5 nitrogen and oxygen atoms in total. The fourth-order valence-electron chi connectivity index (χ4n) is 4.26. The molecule has 1 N–H and O–H groups in total. The van der Waals surface area contributed by atoms with Crippen LogP contribution in [0.5, 0.6) is 5.75 Å². The van der Waals surface area contributed by atoms with Gasteiger partial charge in [0, 0.05) is 19.0 Å². The molecule has 0 aliphatic rings. The van der Waals surface area contributed by atoms with Crippen molar-refractivity contribution in [2.75, 3.05) is 6.61 Å². The monoisotopic (exact) mass is 500 g/mol. The van der Waals surface area contributed by atoms with Crippen LogP contribution in [0, 0.1) is 27.7 Å². The Hall–Kier alpha value is -3.60. The van der Waals surface area contributed by atoms with Gasteiger partial charge < -0.3 is 15.0 Å². The minimum absolute atomic E-state index is 0.0104. The maximum atomic E-state index is 13.8. The van der Waals surface area contributed by atoms with E-state index < -0.39 is 6.04 Å². The summed E-state index contributed by atoms with van der Waals surface area (Å²) < 4.78 is 6.06. The molecule has 0 aromatic heterocycles. The van der Waals surface area contributed by atoms with Gasteiger partial charge in [0.2, 0.25) is 5.91 Å². The number of benzene rings is 3. The van der Waals surface area contributed by atoms with Gasteiger partial charge in [-0.15, -0.1) is 0 Å². The lowest BCUT2D eigenvalue weighted by Gasteiger charge is -2.32. The Morgan fingerprint density at radius 2 is 1.57 bits per heavy atom. The maximum absolute atomic E-state index is 13.8. The standard InChI is InChI=1S/C32H40N2O3/c1-7-25(5)33-32(36)29(19-27-11-9-8-10-12-27)34(20-28-15-13-22(2)14-16-28)31(35)21-37-30-18-23(3)17-24(4)26(30)6/h8-18,25,29H,7,19-21H2,1-6H3,(H,33,36). The average molecular weight is 501 g/mol. The summed E-state index contributed by atoms with van der Waals surface area (Å²) in [7, 11) is 0. The molecule has 37 heavy (non-hydrogen) atoms. The van der Waals surface area contributed by atoms with Crippen molar-refractivity contribution in [2.24, 2.45) is 0 Å². The van der Waals surface area contributed by atoms with Gasteiger partial charge in [0.05, 0.1) is 0 Å². The molecule has 0 saturated carbocycles. The van der Waals surface area contributed by atoms with Crippen LogP contribution in [0.25, 0.3) is 0 Å². The van der Waals surface area contributed by atoms with Crippen LogP contribution in [-0.4, -0.2) is 35.4 Å². The molecule has 0 spiro atoms. The molecular weight excluding hydrogens is 460 g/mol. The van der Waals surface area contributed by atoms with Crippen LogP contribution >= 0.6 is 0 Å². The summed E-state index contributed by atoms with van der Waals surface area (Å²) >= 11 is 0. The van der Waals surface area contributed by atoms with E-state index in [2.05, 4.69) is 11.4 Å². The topological polar surface area (TPSA) is 58.6 Å². The molecule has 2 unspecified atom stereocenters. The molecule has 2 amide bonds. The number of carbonyl (C=O) groups is 2. The van der Waals surface area contributed by atoms with Crippen molar-refractivity contribution >= 4 is 11.8 Å². The minimum Gasteiger partial charge on any atom is -0.483 e. The van der Waals surface area contributed by atoms with Crippen LogP contribution in [0.1, 0.15) is 53.6 Å². The van der Waals surface area contributed by atoms with Gasteiger partial charge in [0.25, 0.3) is 5.91 Å². The molecule has 0 heterocycles. The predicted octanol–water partition coefficient (Wildman–Crippen LogP) is 5.85. The fraction of sp³-hybridized carbons (Fsp3) is 0.375. The number of rotatable bonds is 11. The first-order valence-corrected chi connectivity index (χ1v) is 13.1. The number of nitrogens with one attached hydrogen (secondary N) is 1.